The fraction of sp³-hybridized carbons (Fsp3) is 0.458. The maximum atomic E-state index is 12.8. The van der Waals surface area contributed by atoms with E-state index in [1.807, 2.05) is 6.33 Å². The third-order valence-corrected chi connectivity index (χ3v) is 8.33. The van der Waals surface area contributed by atoms with Crippen molar-refractivity contribution in [2.45, 2.75) is 57.1 Å². The molecule has 0 bridgehead atoms. The molecule has 0 unspecified atom stereocenters. The first-order valence-corrected chi connectivity index (χ1v) is 12.4. The Morgan fingerprint density at radius 2 is 1.88 bits per heavy atom. The number of nitrogens with one attached hydrogen (secondary N) is 1. The fourth-order valence-corrected chi connectivity index (χ4v) is 6.57. The number of rotatable bonds is 3. The van der Waals surface area contributed by atoms with Crippen LogP contribution in [0.2, 0.25) is 0 Å². The lowest BCUT2D eigenvalue weighted by atomic mass is 9.95. The summed E-state index contributed by atoms with van der Waals surface area (Å²) < 4.78 is 2.35. The van der Waals surface area contributed by atoms with Crippen molar-refractivity contribution in [3.8, 4) is 10.4 Å². The van der Waals surface area contributed by atoms with E-state index in [9.17, 15) is 9.90 Å². The average Bonchev–Trinajstić information content (AvgIpc) is 3.42. The van der Waals surface area contributed by atoms with E-state index in [0.29, 0.717) is 11.4 Å². The second kappa shape index (κ2) is 8.01. The zero-order valence-electron chi connectivity index (χ0n) is 18.0. The highest BCUT2D eigenvalue weighted by Crippen LogP contribution is 2.43. The molecule has 1 saturated carbocycles. The van der Waals surface area contributed by atoms with Gasteiger partial charge in [0.2, 0.25) is 0 Å². The molecule has 1 aromatic carbocycles. The Morgan fingerprint density at radius 1 is 1.06 bits per heavy atom. The number of benzene rings is 1. The Balaban J connectivity index is 1.44. The number of thiophene rings is 1. The minimum absolute atomic E-state index is 0.110. The molecule has 0 atom stereocenters. The first-order chi connectivity index (χ1) is 15.7. The molecule has 6 rings (SSSR count). The smallest absolute Gasteiger partial charge is 0.261 e. The Bertz CT molecular complexity index is 1330. The van der Waals surface area contributed by atoms with Gasteiger partial charge in [0.15, 0.2) is 0 Å². The van der Waals surface area contributed by atoms with Gasteiger partial charge in [0.25, 0.3) is 5.56 Å². The quantitative estimate of drug-likeness (QED) is 0.482. The highest BCUT2D eigenvalue weighted by molar-refractivity contribution is 7.21. The summed E-state index contributed by atoms with van der Waals surface area (Å²) in [5, 5.41) is 11.5. The van der Waals surface area contributed by atoms with Crippen molar-refractivity contribution in [1.29, 1.82) is 0 Å². The van der Waals surface area contributed by atoms with Crippen LogP contribution in [0.4, 0.5) is 5.00 Å². The number of aliphatic hydroxyl groups is 1. The third kappa shape index (κ3) is 3.33. The maximum absolute atomic E-state index is 12.8. The average molecular weight is 450 g/mol. The van der Waals surface area contributed by atoms with Crippen molar-refractivity contribution < 1.29 is 5.11 Å². The van der Waals surface area contributed by atoms with E-state index in [-0.39, 0.29) is 11.7 Å². The van der Waals surface area contributed by atoms with Crippen LogP contribution in [0.1, 0.15) is 51.0 Å². The molecule has 0 radical (unpaired) electrons. The van der Waals surface area contributed by atoms with Crippen molar-refractivity contribution in [2.75, 3.05) is 18.0 Å². The summed E-state index contributed by atoms with van der Waals surface area (Å²) in [6.07, 6.45) is 11.0. The van der Waals surface area contributed by atoms with Crippen LogP contribution < -0.4 is 10.5 Å². The molecule has 4 heterocycles. The number of fused-ring (bicyclic) bond motifs is 2. The van der Waals surface area contributed by atoms with Gasteiger partial charge >= 0.3 is 0 Å². The van der Waals surface area contributed by atoms with E-state index in [4.69, 9.17) is 4.98 Å². The van der Waals surface area contributed by atoms with Crippen LogP contribution in [0.5, 0.6) is 0 Å². The van der Waals surface area contributed by atoms with Crippen LogP contribution in [-0.2, 0) is 0 Å². The van der Waals surface area contributed by atoms with Crippen LogP contribution in [0.3, 0.4) is 0 Å². The lowest BCUT2D eigenvalue weighted by molar-refractivity contribution is 0.145. The molecule has 7 nitrogen and oxygen atoms in total. The topological polar surface area (TPSA) is 87.0 Å². The predicted octanol–water partition coefficient (Wildman–Crippen LogP) is 4.47. The van der Waals surface area contributed by atoms with Gasteiger partial charge in [-0.3, -0.25) is 4.79 Å². The van der Waals surface area contributed by atoms with E-state index >= 15 is 0 Å². The zero-order valence-corrected chi connectivity index (χ0v) is 18.8. The van der Waals surface area contributed by atoms with Crippen molar-refractivity contribution in [3.05, 3.63) is 41.2 Å². The zero-order chi connectivity index (χ0) is 21.7. The molecular formula is C24H27N5O2S. The van der Waals surface area contributed by atoms with Gasteiger partial charge in [-0.05, 0) is 43.4 Å². The van der Waals surface area contributed by atoms with E-state index < -0.39 is 0 Å². The van der Waals surface area contributed by atoms with Crippen LogP contribution >= 0.6 is 11.3 Å². The van der Waals surface area contributed by atoms with Gasteiger partial charge < -0.3 is 19.6 Å². The number of piperidine rings is 1. The number of H-pyrrole nitrogens is 1. The van der Waals surface area contributed by atoms with Crippen molar-refractivity contribution in [1.82, 2.24) is 19.5 Å². The molecule has 32 heavy (non-hydrogen) atoms. The first kappa shape index (κ1) is 19.9. The molecule has 1 saturated heterocycles. The van der Waals surface area contributed by atoms with Crippen LogP contribution in [0.15, 0.2) is 35.6 Å². The van der Waals surface area contributed by atoms with E-state index in [1.165, 1.54) is 43.9 Å². The lowest BCUT2D eigenvalue weighted by Gasteiger charge is -2.30. The Morgan fingerprint density at radius 3 is 2.69 bits per heavy atom. The Hall–Kier alpha value is -2.71. The van der Waals surface area contributed by atoms with E-state index in [1.54, 1.807) is 11.3 Å². The van der Waals surface area contributed by atoms with Crippen molar-refractivity contribution in [3.63, 3.8) is 0 Å². The standard InChI is InChI=1S/C24H27N5O2S/c30-17-8-10-28(11-9-17)24-20-21(25-13-26-23(20)31)22(32-24)15-6-7-19-18(12-15)27-14-29(19)16-4-2-1-3-5-16/h6-7,12-14,16-17,30H,1-5,8-11H2,(H,25,26,31). The van der Waals surface area contributed by atoms with Gasteiger partial charge in [-0.2, -0.15) is 0 Å². The van der Waals surface area contributed by atoms with Gasteiger partial charge in [-0.15, -0.1) is 11.3 Å². The summed E-state index contributed by atoms with van der Waals surface area (Å²) in [6, 6.07) is 6.99. The largest absolute Gasteiger partial charge is 0.393 e. The second-order valence-corrected chi connectivity index (χ2v) is 10.1. The second-order valence-electron chi connectivity index (χ2n) is 9.06. The van der Waals surface area contributed by atoms with Gasteiger partial charge in [-0.25, -0.2) is 9.97 Å². The fourth-order valence-electron chi connectivity index (χ4n) is 5.28. The SMILES string of the molecule is O=c1[nH]cnc2c(-c3ccc4c(c3)ncn4C3CCCCC3)sc(N3CCC(O)CC3)c12. The summed E-state index contributed by atoms with van der Waals surface area (Å²) in [5.41, 5.74) is 3.84. The minimum Gasteiger partial charge on any atom is -0.393 e. The number of aromatic amines is 1. The van der Waals surface area contributed by atoms with Gasteiger partial charge in [0.05, 0.1) is 40.2 Å². The molecule has 3 aromatic heterocycles. The van der Waals surface area contributed by atoms with Crippen molar-refractivity contribution >= 4 is 38.3 Å². The molecular weight excluding hydrogens is 422 g/mol. The number of anilines is 1. The van der Waals surface area contributed by atoms with Crippen LogP contribution in [0.25, 0.3) is 32.4 Å². The summed E-state index contributed by atoms with van der Waals surface area (Å²) in [4.78, 5) is 28.0. The summed E-state index contributed by atoms with van der Waals surface area (Å²) in [7, 11) is 0. The molecule has 2 aliphatic rings. The molecule has 1 aliphatic carbocycles. The van der Waals surface area contributed by atoms with Crippen LogP contribution in [-0.4, -0.2) is 43.8 Å². The number of aromatic nitrogens is 4. The molecule has 4 aromatic rings. The molecule has 0 amide bonds. The monoisotopic (exact) mass is 449 g/mol. The Labute approximate surface area is 189 Å². The van der Waals surface area contributed by atoms with Gasteiger partial charge in [0.1, 0.15) is 10.4 Å². The van der Waals surface area contributed by atoms with E-state index in [0.717, 1.165) is 52.4 Å². The minimum atomic E-state index is -0.255. The van der Waals surface area contributed by atoms with Crippen LogP contribution in [0, 0.1) is 0 Å². The van der Waals surface area contributed by atoms with E-state index in [2.05, 4.69) is 37.6 Å². The highest BCUT2D eigenvalue weighted by atomic mass is 32.1. The predicted molar refractivity (Wildman–Crippen MR) is 129 cm³/mol. The number of hydrogen-bond donors (Lipinski definition) is 2. The number of imidazole rings is 1. The lowest BCUT2D eigenvalue weighted by Crippen LogP contribution is -2.35. The molecule has 0 spiro atoms. The molecule has 2 N–H and O–H groups in total. The van der Waals surface area contributed by atoms with Crippen molar-refractivity contribution in [2.24, 2.45) is 0 Å². The summed E-state index contributed by atoms with van der Waals surface area (Å²) >= 11 is 1.62. The summed E-state index contributed by atoms with van der Waals surface area (Å²) in [6.45, 7) is 1.49. The highest BCUT2D eigenvalue weighted by Gasteiger charge is 2.25. The third-order valence-electron chi connectivity index (χ3n) is 7.04. The summed E-state index contributed by atoms with van der Waals surface area (Å²) in [5.74, 6) is 0. The van der Waals surface area contributed by atoms with Gasteiger partial charge in [0, 0.05) is 19.1 Å². The first-order valence-electron chi connectivity index (χ1n) is 11.6. The maximum Gasteiger partial charge on any atom is 0.261 e. The number of nitrogens with zero attached hydrogens (tertiary/aromatic N) is 4. The normalized spacial score (nSPS) is 18.7. The molecule has 2 fully saturated rings. The molecule has 166 valence electrons. The number of hydrogen-bond acceptors (Lipinski definition) is 6. The Kier molecular flexibility index (Phi) is 4.99. The molecule has 1 aliphatic heterocycles. The molecule has 8 heteroatoms. The van der Waals surface area contributed by atoms with Gasteiger partial charge in [-0.1, -0.05) is 25.3 Å². The number of aliphatic hydroxyl groups excluding tert-OH is 1.